The van der Waals surface area contributed by atoms with Gasteiger partial charge in [0.1, 0.15) is 19.0 Å². The average molecular weight is 371 g/mol. The van der Waals surface area contributed by atoms with Crippen molar-refractivity contribution in [1.82, 2.24) is 0 Å². The van der Waals surface area contributed by atoms with Gasteiger partial charge in [-0.25, -0.2) is 0 Å². The first-order valence-electron chi connectivity index (χ1n) is 6.44. The number of benzene rings is 2. The van der Waals surface area contributed by atoms with Crippen LogP contribution in [-0.2, 0) is 6.54 Å². The van der Waals surface area contributed by atoms with Crippen LogP contribution in [0.2, 0.25) is 5.02 Å². The predicted molar refractivity (Wildman–Crippen MR) is 85.6 cm³/mol. The number of hydrogen-bond donors (Lipinski definition) is 2. The van der Waals surface area contributed by atoms with Crippen molar-refractivity contribution in [3.8, 4) is 17.2 Å². The molecule has 110 valence electrons. The van der Waals surface area contributed by atoms with Gasteiger partial charge in [-0.05, 0) is 22.0 Å². The molecule has 1 heterocycles. The highest BCUT2D eigenvalue weighted by atomic mass is 79.9. The van der Waals surface area contributed by atoms with E-state index in [9.17, 15) is 5.11 Å². The molecule has 0 amide bonds. The Kier molecular flexibility index (Phi) is 4.12. The van der Waals surface area contributed by atoms with Crippen LogP contribution >= 0.6 is 27.5 Å². The molecule has 21 heavy (non-hydrogen) atoms. The standard InChI is InChI=1S/C15H13BrClNO3/c16-10-3-1-2-9(15(10)19)8-18-12-7-14-13(6-11(12)17)20-4-5-21-14/h1-3,6-7,18-19H,4-5,8H2. The maximum absolute atomic E-state index is 9.97. The molecule has 2 N–H and O–H groups in total. The van der Waals surface area contributed by atoms with Crippen LogP contribution in [0.5, 0.6) is 17.2 Å². The van der Waals surface area contributed by atoms with Gasteiger partial charge in [-0.1, -0.05) is 23.7 Å². The minimum Gasteiger partial charge on any atom is -0.506 e. The Balaban J connectivity index is 1.80. The molecule has 1 aliphatic rings. The molecule has 0 saturated heterocycles. The first-order valence-corrected chi connectivity index (χ1v) is 7.61. The summed E-state index contributed by atoms with van der Waals surface area (Å²) in [5.74, 6) is 1.55. The van der Waals surface area contributed by atoms with E-state index in [4.69, 9.17) is 21.1 Å². The fraction of sp³-hybridized carbons (Fsp3) is 0.200. The number of para-hydroxylation sites is 1. The van der Waals surface area contributed by atoms with E-state index >= 15 is 0 Å². The van der Waals surface area contributed by atoms with Crippen LogP contribution in [0.4, 0.5) is 5.69 Å². The van der Waals surface area contributed by atoms with Gasteiger partial charge in [-0.2, -0.15) is 0 Å². The first-order chi connectivity index (χ1) is 10.1. The third kappa shape index (κ3) is 3.04. The van der Waals surface area contributed by atoms with Crippen LogP contribution in [-0.4, -0.2) is 18.3 Å². The van der Waals surface area contributed by atoms with Crippen molar-refractivity contribution in [2.45, 2.75) is 6.54 Å². The summed E-state index contributed by atoms with van der Waals surface area (Å²) in [7, 11) is 0. The predicted octanol–water partition coefficient (Wildman–Crippen LogP) is 4.19. The molecular formula is C15H13BrClNO3. The molecular weight excluding hydrogens is 358 g/mol. The molecule has 0 saturated carbocycles. The molecule has 0 bridgehead atoms. The van der Waals surface area contributed by atoms with E-state index in [-0.39, 0.29) is 5.75 Å². The Morgan fingerprint density at radius 1 is 1.19 bits per heavy atom. The Morgan fingerprint density at radius 2 is 1.90 bits per heavy atom. The van der Waals surface area contributed by atoms with E-state index in [1.807, 2.05) is 18.2 Å². The summed E-state index contributed by atoms with van der Waals surface area (Å²) in [6.45, 7) is 1.51. The topological polar surface area (TPSA) is 50.7 Å². The SMILES string of the molecule is Oc1c(Br)cccc1CNc1cc2c(cc1Cl)OCCO2. The number of phenolic OH excluding ortho intramolecular Hbond substituents is 1. The largest absolute Gasteiger partial charge is 0.506 e. The molecule has 3 rings (SSSR count). The van der Waals surface area contributed by atoms with Gasteiger partial charge in [0.15, 0.2) is 11.5 Å². The van der Waals surface area contributed by atoms with Crippen molar-refractivity contribution >= 4 is 33.2 Å². The lowest BCUT2D eigenvalue weighted by molar-refractivity contribution is 0.171. The van der Waals surface area contributed by atoms with Crippen LogP contribution in [0.15, 0.2) is 34.8 Å². The highest BCUT2D eigenvalue weighted by Crippen LogP contribution is 2.38. The van der Waals surface area contributed by atoms with Crippen molar-refractivity contribution in [3.05, 3.63) is 45.4 Å². The number of anilines is 1. The first kappa shape index (κ1) is 14.4. The van der Waals surface area contributed by atoms with Gasteiger partial charge in [0.2, 0.25) is 0 Å². The van der Waals surface area contributed by atoms with E-state index in [1.54, 1.807) is 12.1 Å². The number of ether oxygens (including phenoxy) is 2. The maximum Gasteiger partial charge on any atom is 0.163 e. The molecule has 0 aliphatic carbocycles. The highest BCUT2D eigenvalue weighted by Gasteiger charge is 2.15. The van der Waals surface area contributed by atoms with Crippen molar-refractivity contribution in [3.63, 3.8) is 0 Å². The normalized spacial score (nSPS) is 13.0. The zero-order valence-electron chi connectivity index (χ0n) is 11.0. The molecule has 4 nitrogen and oxygen atoms in total. The number of phenols is 1. The van der Waals surface area contributed by atoms with Gasteiger partial charge in [0.05, 0.1) is 15.2 Å². The summed E-state index contributed by atoms with van der Waals surface area (Å²) >= 11 is 9.52. The van der Waals surface area contributed by atoms with Crippen LogP contribution < -0.4 is 14.8 Å². The number of rotatable bonds is 3. The minimum absolute atomic E-state index is 0.221. The van der Waals surface area contributed by atoms with E-state index in [2.05, 4.69) is 21.2 Å². The monoisotopic (exact) mass is 369 g/mol. The van der Waals surface area contributed by atoms with Crippen molar-refractivity contribution in [2.75, 3.05) is 18.5 Å². The lowest BCUT2D eigenvalue weighted by atomic mass is 10.2. The van der Waals surface area contributed by atoms with Gasteiger partial charge < -0.3 is 19.9 Å². The summed E-state index contributed by atoms with van der Waals surface area (Å²) in [5, 5.41) is 13.7. The quantitative estimate of drug-likeness (QED) is 0.850. The number of fused-ring (bicyclic) bond motifs is 1. The zero-order chi connectivity index (χ0) is 14.8. The summed E-state index contributed by atoms with van der Waals surface area (Å²) < 4.78 is 11.7. The lowest BCUT2D eigenvalue weighted by Gasteiger charge is -2.20. The molecule has 0 unspecified atom stereocenters. The third-order valence-electron chi connectivity index (χ3n) is 3.17. The van der Waals surface area contributed by atoms with Gasteiger partial charge in [-0.3, -0.25) is 0 Å². The summed E-state index contributed by atoms with van der Waals surface area (Å²) in [6.07, 6.45) is 0. The second kappa shape index (κ2) is 6.03. The second-order valence-electron chi connectivity index (χ2n) is 4.58. The third-order valence-corrected chi connectivity index (χ3v) is 4.12. The van der Waals surface area contributed by atoms with Gasteiger partial charge >= 0.3 is 0 Å². The van der Waals surface area contributed by atoms with Crippen LogP contribution in [0, 0.1) is 0 Å². The smallest absolute Gasteiger partial charge is 0.163 e. The highest BCUT2D eigenvalue weighted by molar-refractivity contribution is 9.10. The van der Waals surface area contributed by atoms with Crippen molar-refractivity contribution in [1.29, 1.82) is 0 Å². The Bertz CT molecular complexity index is 678. The molecule has 0 radical (unpaired) electrons. The Morgan fingerprint density at radius 3 is 2.67 bits per heavy atom. The Hall–Kier alpha value is -1.59. The van der Waals surface area contributed by atoms with Gasteiger partial charge in [0.25, 0.3) is 0 Å². The maximum atomic E-state index is 9.97. The molecule has 2 aromatic rings. The Labute approximate surface area is 135 Å². The van der Waals surface area contributed by atoms with Gasteiger partial charge in [0, 0.05) is 24.2 Å². The van der Waals surface area contributed by atoms with Crippen molar-refractivity contribution < 1.29 is 14.6 Å². The number of halogens is 2. The number of nitrogens with one attached hydrogen (secondary N) is 1. The molecule has 2 aromatic carbocycles. The number of aromatic hydroxyl groups is 1. The second-order valence-corrected chi connectivity index (χ2v) is 5.84. The van der Waals surface area contributed by atoms with Gasteiger partial charge in [-0.15, -0.1) is 0 Å². The summed E-state index contributed by atoms with van der Waals surface area (Å²) in [6, 6.07) is 9.05. The number of hydrogen-bond acceptors (Lipinski definition) is 4. The van der Waals surface area contributed by atoms with E-state index in [0.29, 0.717) is 40.8 Å². The fourth-order valence-electron chi connectivity index (χ4n) is 2.09. The average Bonchev–Trinajstić information content (AvgIpc) is 2.49. The molecule has 0 spiro atoms. The van der Waals surface area contributed by atoms with E-state index in [1.165, 1.54) is 0 Å². The molecule has 0 fully saturated rings. The van der Waals surface area contributed by atoms with Crippen LogP contribution in [0.3, 0.4) is 0 Å². The van der Waals surface area contributed by atoms with Crippen LogP contribution in [0.1, 0.15) is 5.56 Å². The zero-order valence-corrected chi connectivity index (χ0v) is 13.4. The molecule has 0 aromatic heterocycles. The molecule has 6 heteroatoms. The van der Waals surface area contributed by atoms with E-state index in [0.717, 1.165) is 11.3 Å². The van der Waals surface area contributed by atoms with Crippen LogP contribution in [0.25, 0.3) is 0 Å². The molecule has 0 atom stereocenters. The molecule has 1 aliphatic heterocycles. The lowest BCUT2D eigenvalue weighted by Crippen LogP contribution is -2.15. The summed E-state index contributed by atoms with van der Waals surface area (Å²) in [4.78, 5) is 0. The fourth-order valence-corrected chi connectivity index (χ4v) is 2.72. The summed E-state index contributed by atoms with van der Waals surface area (Å²) in [5.41, 5.74) is 1.51. The van der Waals surface area contributed by atoms with E-state index < -0.39 is 0 Å². The van der Waals surface area contributed by atoms with Crippen molar-refractivity contribution in [2.24, 2.45) is 0 Å². The minimum atomic E-state index is 0.221.